The zero-order chi connectivity index (χ0) is 17.1. The summed E-state index contributed by atoms with van der Waals surface area (Å²) in [4.78, 5) is 27.4. The smallest absolute Gasteiger partial charge is 0.254 e. The number of nitrogens with zero attached hydrogens (tertiary/aromatic N) is 1. The van der Waals surface area contributed by atoms with Crippen LogP contribution in [0.2, 0.25) is 5.02 Å². The normalized spacial score (nSPS) is 17.1. The molecule has 0 aromatic heterocycles. The molecular weight excluding hydrogens is 324 g/mol. The van der Waals surface area contributed by atoms with Gasteiger partial charge in [0.1, 0.15) is 0 Å². The molecule has 1 saturated heterocycles. The first-order chi connectivity index (χ1) is 11.6. The fourth-order valence-corrected chi connectivity index (χ4v) is 3.13. The van der Waals surface area contributed by atoms with E-state index in [1.54, 1.807) is 53.4 Å². The van der Waals surface area contributed by atoms with Crippen LogP contribution in [0, 0.1) is 5.92 Å². The molecule has 1 heterocycles. The quantitative estimate of drug-likeness (QED) is 0.869. The lowest BCUT2D eigenvalue weighted by atomic mass is 9.97. The van der Waals surface area contributed by atoms with Crippen molar-refractivity contribution < 1.29 is 9.59 Å². The summed E-state index contributed by atoms with van der Waals surface area (Å²) in [6.07, 6.45) is 0.912. The van der Waals surface area contributed by atoms with Gasteiger partial charge in [-0.05, 0) is 49.2 Å². The van der Waals surface area contributed by atoms with E-state index in [4.69, 9.17) is 17.3 Å². The van der Waals surface area contributed by atoms with Crippen molar-refractivity contribution in [2.24, 2.45) is 11.7 Å². The molecule has 1 aliphatic rings. The van der Waals surface area contributed by atoms with Gasteiger partial charge in [-0.15, -0.1) is 0 Å². The molecule has 0 spiro atoms. The first kappa shape index (κ1) is 16.7. The third-order valence-electron chi connectivity index (χ3n) is 4.41. The van der Waals surface area contributed by atoms with Crippen LogP contribution in [0.25, 0.3) is 0 Å². The van der Waals surface area contributed by atoms with Crippen molar-refractivity contribution in [3.63, 3.8) is 0 Å². The number of carbonyl (C=O) groups is 2. The van der Waals surface area contributed by atoms with Crippen molar-refractivity contribution in [3.05, 3.63) is 70.2 Å². The Bertz CT molecular complexity index is 758. The molecule has 5 heteroatoms. The van der Waals surface area contributed by atoms with E-state index in [0.717, 1.165) is 6.42 Å². The molecule has 3 rings (SSSR count). The monoisotopic (exact) mass is 342 g/mol. The molecule has 124 valence electrons. The molecule has 4 nitrogen and oxygen atoms in total. The number of nitrogens with two attached hydrogens (primary N) is 1. The van der Waals surface area contributed by atoms with Crippen LogP contribution in [0.1, 0.15) is 32.7 Å². The molecule has 2 N–H and O–H groups in total. The standard InChI is InChI=1S/C19H19ClN2O2/c20-15-7-5-14(6-8-15)18(23)16-3-1-2-4-17(16)19(24)22-10-9-13(11-21)12-22/h1-8,13H,9-12,21H2. The zero-order valence-electron chi connectivity index (χ0n) is 13.2. The Morgan fingerprint density at radius 3 is 2.38 bits per heavy atom. The predicted molar refractivity (Wildman–Crippen MR) is 94.4 cm³/mol. The molecule has 0 aliphatic carbocycles. The Morgan fingerprint density at radius 2 is 1.75 bits per heavy atom. The topological polar surface area (TPSA) is 63.4 Å². The number of hydrogen-bond acceptors (Lipinski definition) is 3. The number of halogens is 1. The molecule has 0 saturated carbocycles. The highest BCUT2D eigenvalue weighted by atomic mass is 35.5. The molecule has 1 fully saturated rings. The molecule has 24 heavy (non-hydrogen) atoms. The number of carbonyl (C=O) groups excluding carboxylic acids is 2. The van der Waals surface area contributed by atoms with Gasteiger partial charge in [-0.25, -0.2) is 0 Å². The second kappa shape index (κ2) is 7.16. The molecule has 0 bridgehead atoms. The number of benzene rings is 2. The first-order valence-electron chi connectivity index (χ1n) is 7.99. The van der Waals surface area contributed by atoms with Gasteiger partial charge in [0, 0.05) is 29.2 Å². The van der Waals surface area contributed by atoms with Crippen LogP contribution in [-0.4, -0.2) is 36.2 Å². The van der Waals surface area contributed by atoms with E-state index in [0.29, 0.717) is 47.3 Å². The van der Waals surface area contributed by atoms with Gasteiger partial charge < -0.3 is 10.6 Å². The Hall–Kier alpha value is -2.17. The fourth-order valence-electron chi connectivity index (χ4n) is 3.00. The van der Waals surface area contributed by atoms with Crippen molar-refractivity contribution in [3.8, 4) is 0 Å². The summed E-state index contributed by atoms with van der Waals surface area (Å²) in [7, 11) is 0. The van der Waals surface area contributed by atoms with E-state index < -0.39 is 0 Å². The van der Waals surface area contributed by atoms with Gasteiger partial charge in [-0.3, -0.25) is 9.59 Å². The zero-order valence-corrected chi connectivity index (χ0v) is 14.0. The maximum absolute atomic E-state index is 12.8. The van der Waals surface area contributed by atoms with Gasteiger partial charge in [-0.2, -0.15) is 0 Å². The SMILES string of the molecule is NCC1CCN(C(=O)c2ccccc2C(=O)c2ccc(Cl)cc2)C1. The summed E-state index contributed by atoms with van der Waals surface area (Å²) in [5, 5.41) is 0.570. The Balaban J connectivity index is 1.89. The van der Waals surface area contributed by atoms with Crippen LogP contribution in [0.4, 0.5) is 0 Å². The van der Waals surface area contributed by atoms with Gasteiger partial charge >= 0.3 is 0 Å². The summed E-state index contributed by atoms with van der Waals surface area (Å²) in [5.41, 5.74) is 7.07. The molecule has 1 atom stereocenters. The average Bonchev–Trinajstić information content (AvgIpc) is 3.10. The lowest BCUT2D eigenvalue weighted by Crippen LogP contribution is -2.31. The van der Waals surface area contributed by atoms with Crippen LogP contribution in [0.5, 0.6) is 0 Å². The highest BCUT2D eigenvalue weighted by Gasteiger charge is 2.28. The van der Waals surface area contributed by atoms with E-state index >= 15 is 0 Å². The maximum Gasteiger partial charge on any atom is 0.254 e. The average molecular weight is 343 g/mol. The Morgan fingerprint density at radius 1 is 1.08 bits per heavy atom. The van der Waals surface area contributed by atoms with E-state index in [1.807, 2.05) is 0 Å². The third-order valence-corrected chi connectivity index (χ3v) is 4.67. The number of amides is 1. The van der Waals surface area contributed by atoms with Crippen LogP contribution in [0.3, 0.4) is 0 Å². The summed E-state index contributed by atoms with van der Waals surface area (Å²) < 4.78 is 0. The summed E-state index contributed by atoms with van der Waals surface area (Å²) >= 11 is 5.88. The van der Waals surface area contributed by atoms with Crippen LogP contribution in [-0.2, 0) is 0 Å². The van der Waals surface area contributed by atoms with E-state index in [-0.39, 0.29) is 11.7 Å². The van der Waals surface area contributed by atoms with Gasteiger partial charge in [-0.1, -0.05) is 29.8 Å². The molecular formula is C19H19ClN2O2. The minimum Gasteiger partial charge on any atom is -0.338 e. The number of likely N-dealkylation sites (tertiary alicyclic amines) is 1. The minimum atomic E-state index is -0.176. The van der Waals surface area contributed by atoms with E-state index in [2.05, 4.69) is 0 Å². The lowest BCUT2D eigenvalue weighted by molar-refractivity contribution is 0.0783. The van der Waals surface area contributed by atoms with Crippen molar-refractivity contribution >= 4 is 23.3 Å². The van der Waals surface area contributed by atoms with Crippen molar-refractivity contribution in [2.75, 3.05) is 19.6 Å². The Kier molecular flexibility index (Phi) is 4.97. The fraction of sp³-hybridized carbons (Fsp3) is 0.263. The predicted octanol–water partition coefficient (Wildman–Crippen LogP) is 2.99. The first-order valence-corrected chi connectivity index (χ1v) is 8.36. The molecule has 1 amide bonds. The van der Waals surface area contributed by atoms with Crippen molar-refractivity contribution in [1.29, 1.82) is 0 Å². The van der Waals surface area contributed by atoms with Crippen LogP contribution < -0.4 is 5.73 Å². The second-order valence-corrected chi connectivity index (χ2v) is 6.46. The highest BCUT2D eigenvalue weighted by molar-refractivity contribution is 6.30. The van der Waals surface area contributed by atoms with Crippen LogP contribution >= 0.6 is 11.6 Å². The van der Waals surface area contributed by atoms with Crippen molar-refractivity contribution in [1.82, 2.24) is 4.90 Å². The Labute approximate surface area is 146 Å². The number of rotatable bonds is 4. The second-order valence-electron chi connectivity index (χ2n) is 6.02. The number of hydrogen-bond donors (Lipinski definition) is 1. The molecule has 2 aromatic carbocycles. The summed E-state index contributed by atoms with van der Waals surface area (Å²) in [6.45, 7) is 1.91. The minimum absolute atomic E-state index is 0.108. The van der Waals surface area contributed by atoms with Crippen LogP contribution in [0.15, 0.2) is 48.5 Å². The molecule has 0 radical (unpaired) electrons. The summed E-state index contributed by atoms with van der Waals surface area (Å²) in [5.74, 6) is 0.0575. The maximum atomic E-state index is 12.8. The third kappa shape index (κ3) is 3.35. The van der Waals surface area contributed by atoms with E-state index in [1.165, 1.54) is 0 Å². The van der Waals surface area contributed by atoms with E-state index in [9.17, 15) is 9.59 Å². The van der Waals surface area contributed by atoms with Gasteiger partial charge in [0.25, 0.3) is 5.91 Å². The largest absolute Gasteiger partial charge is 0.338 e. The molecule has 2 aromatic rings. The van der Waals surface area contributed by atoms with Gasteiger partial charge in [0.05, 0.1) is 5.56 Å². The van der Waals surface area contributed by atoms with Crippen molar-refractivity contribution in [2.45, 2.75) is 6.42 Å². The van der Waals surface area contributed by atoms with Gasteiger partial charge in [0.15, 0.2) is 5.78 Å². The molecule has 1 aliphatic heterocycles. The van der Waals surface area contributed by atoms with Gasteiger partial charge in [0.2, 0.25) is 0 Å². The highest BCUT2D eigenvalue weighted by Crippen LogP contribution is 2.22. The lowest BCUT2D eigenvalue weighted by Gasteiger charge is -2.18. The summed E-state index contributed by atoms with van der Waals surface area (Å²) in [6, 6.07) is 13.6. The number of ketones is 1. The molecule has 1 unspecified atom stereocenters.